The largest absolute Gasteiger partial charge is 0.396 e. The molecule has 11 heavy (non-hydrogen) atoms. The predicted octanol–water partition coefficient (Wildman–Crippen LogP) is 1.35. The van der Waals surface area contributed by atoms with Gasteiger partial charge in [-0.15, -0.1) is 0 Å². The second-order valence-electron chi connectivity index (χ2n) is 3.88. The van der Waals surface area contributed by atoms with Gasteiger partial charge in [0.25, 0.3) is 0 Å². The van der Waals surface area contributed by atoms with Crippen molar-refractivity contribution in [3.63, 3.8) is 0 Å². The molecule has 0 aliphatic rings. The summed E-state index contributed by atoms with van der Waals surface area (Å²) >= 11 is 0. The summed E-state index contributed by atoms with van der Waals surface area (Å²) in [5, 5.41) is 9.08. The van der Waals surface area contributed by atoms with Crippen LogP contribution in [0.2, 0.25) is 0 Å². The Labute approximate surface area is 70.2 Å². The summed E-state index contributed by atoms with van der Waals surface area (Å²) in [6.45, 7) is 5.63. The SMILES string of the molecule is CCC(C)(CO)CCN(C)C. The Balaban J connectivity index is 3.69. The standard InChI is InChI=1S/C9H21NO/c1-5-9(2,8-11)6-7-10(3)4/h11H,5-8H2,1-4H3. The van der Waals surface area contributed by atoms with Gasteiger partial charge in [0.05, 0.1) is 0 Å². The summed E-state index contributed by atoms with van der Waals surface area (Å²) in [6.07, 6.45) is 2.13. The van der Waals surface area contributed by atoms with Gasteiger partial charge < -0.3 is 10.0 Å². The lowest BCUT2D eigenvalue weighted by Gasteiger charge is -2.26. The van der Waals surface area contributed by atoms with Crippen molar-refractivity contribution < 1.29 is 5.11 Å². The topological polar surface area (TPSA) is 23.5 Å². The Morgan fingerprint density at radius 3 is 2.18 bits per heavy atom. The van der Waals surface area contributed by atoms with E-state index in [-0.39, 0.29) is 5.41 Å². The van der Waals surface area contributed by atoms with Crippen LogP contribution < -0.4 is 0 Å². The van der Waals surface area contributed by atoms with Gasteiger partial charge in [-0.05, 0) is 38.9 Å². The van der Waals surface area contributed by atoms with Gasteiger partial charge in [0.2, 0.25) is 0 Å². The van der Waals surface area contributed by atoms with Crippen molar-refractivity contribution in [1.82, 2.24) is 4.90 Å². The highest BCUT2D eigenvalue weighted by Crippen LogP contribution is 2.24. The Bertz CT molecular complexity index is 97.7. The highest BCUT2D eigenvalue weighted by atomic mass is 16.3. The molecule has 0 aromatic carbocycles. The van der Waals surface area contributed by atoms with Crippen LogP contribution in [0.4, 0.5) is 0 Å². The molecule has 2 nitrogen and oxygen atoms in total. The van der Waals surface area contributed by atoms with E-state index >= 15 is 0 Å². The maximum atomic E-state index is 9.08. The first kappa shape index (κ1) is 10.9. The Morgan fingerprint density at radius 1 is 1.36 bits per heavy atom. The zero-order chi connectivity index (χ0) is 8.91. The number of hydrogen-bond donors (Lipinski definition) is 1. The normalized spacial score (nSPS) is 16.9. The lowest BCUT2D eigenvalue weighted by molar-refractivity contribution is 0.118. The molecule has 1 N–H and O–H groups in total. The molecule has 0 aliphatic carbocycles. The smallest absolute Gasteiger partial charge is 0.0485 e. The third kappa shape index (κ3) is 4.38. The van der Waals surface area contributed by atoms with E-state index in [1.54, 1.807) is 0 Å². The summed E-state index contributed by atoms with van der Waals surface area (Å²) in [4.78, 5) is 2.16. The molecule has 0 rings (SSSR count). The second kappa shape index (κ2) is 4.73. The lowest BCUT2D eigenvalue weighted by Crippen LogP contribution is -2.26. The molecule has 1 unspecified atom stereocenters. The fraction of sp³-hybridized carbons (Fsp3) is 1.00. The van der Waals surface area contributed by atoms with Crippen LogP contribution in [0, 0.1) is 5.41 Å². The number of nitrogens with zero attached hydrogens (tertiary/aromatic N) is 1. The van der Waals surface area contributed by atoms with Gasteiger partial charge in [0.15, 0.2) is 0 Å². The molecule has 2 heteroatoms. The maximum Gasteiger partial charge on any atom is 0.0485 e. The minimum atomic E-state index is 0.129. The van der Waals surface area contributed by atoms with Crippen molar-refractivity contribution in [2.75, 3.05) is 27.2 Å². The molecule has 0 fully saturated rings. The molecule has 0 saturated carbocycles. The first-order valence-electron chi connectivity index (χ1n) is 4.29. The van der Waals surface area contributed by atoms with Crippen LogP contribution >= 0.6 is 0 Å². The predicted molar refractivity (Wildman–Crippen MR) is 48.7 cm³/mol. The van der Waals surface area contributed by atoms with Crippen LogP contribution in [0.1, 0.15) is 26.7 Å². The van der Waals surface area contributed by atoms with E-state index in [0.29, 0.717) is 6.61 Å². The molecule has 68 valence electrons. The van der Waals surface area contributed by atoms with Gasteiger partial charge in [-0.3, -0.25) is 0 Å². The molecule has 0 saturated heterocycles. The van der Waals surface area contributed by atoms with E-state index in [1.807, 2.05) is 0 Å². The molecular formula is C9H21NO. The molecular weight excluding hydrogens is 138 g/mol. The van der Waals surface area contributed by atoms with Crippen LogP contribution in [0.15, 0.2) is 0 Å². The van der Waals surface area contributed by atoms with Crippen LogP contribution in [0.5, 0.6) is 0 Å². The van der Waals surface area contributed by atoms with Crippen molar-refractivity contribution in [2.45, 2.75) is 26.7 Å². The van der Waals surface area contributed by atoms with E-state index in [9.17, 15) is 0 Å². The number of rotatable bonds is 5. The highest BCUT2D eigenvalue weighted by molar-refractivity contribution is 4.72. The van der Waals surface area contributed by atoms with E-state index in [4.69, 9.17) is 5.11 Å². The molecule has 1 atom stereocenters. The van der Waals surface area contributed by atoms with Crippen molar-refractivity contribution >= 4 is 0 Å². The third-order valence-electron chi connectivity index (χ3n) is 2.40. The van der Waals surface area contributed by atoms with Crippen LogP contribution in [-0.2, 0) is 0 Å². The summed E-state index contributed by atoms with van der Waals surface area (Å²) < 4.78 is 0. The van der Waals surface area contributed by atoms with E-state index in [2.05, 4.69) is 32.8 Å². The van der Waals surface area contributed by atoms with Gasteiger partial charge >= 0.3 is 0 Å². The summed E-state index contributed by atoms with van der Waals surface area (Å²) in [6, 6.07) is 0. The molecule has 0 spiro atoms. The van der Waals surface area contributed by atoms with E-state index in [1.165, 1.54) is 0 Å². The van der Waals surface area contributed by atoms with Crippen LogP contribution in [-0.4, -0.2) is 37.3 Å². The van der Waals surface area contributed by atoms with Gasteiger partial charge in [0, 0.05) is 6.61 Å². The van der Waals surface area contributed by atoms with Gasteiger partial charge in [-0.1, -0.05) is 13.8 Å². The first-order chi connectivity index (χ1) is 5.04. The molecule has 0 bridgehead atoms. The zero-order valence-corrected chi connectivity index (χ0v) is 8.22. The average molecular weight is 159 g/mol. The quantitative estimate of drug-likeness (QED) is 0.654. The Kier molecular flexibility index (Phi) is 4.69. The number of aliphatic hydroxyl groups is 1. The third-order valence-corrected chi connectivity index (χ3v) is 2.40. The molecule has 0 aromatic heterocycles. The summed E-state index contributed by atoms with van der Waals surface area (Å²) in [7, 11) is 4.13. The van der Waals surface area contributed by atoms with Crippen molar-refractivity contribution in [2.24, 2.45) is 5.41 Å². The van der Waals surface area contributed by atoms with E-state index in [0.717, 1.165) is 19.4 Å². The molecule has 0 aliphatic heterocycles. The minimum absolute atomic E-state index is 0.129. The number of aliphatic hydroxyl groups excluding tert-OH is 1. The van der Waals surface area contributed by atoms with Crippen LogP contribution in [0.25, 0.3) is 0 Å². The van der Waals surface area contributed by atoms with Gasteiger partial charge in [-0.2, -0.15) is 0 Å². The van der Waals surface area contributed by atoms with Crippen LogP contribution in [0.3, 0.4) is 0 Å². The summed E-state index contributed by atoms with van der Waals surface area (Å²) in [5.74, 6) is 0. The van der Waals surface area contributed by atoms with Gasteiger partial charge in [-0.25, -0.2) is 0 Å². The van der Waals surface area contributed by atoms with E-state index < -0.39 is 0 Å². The molecule has 0 amide bonds. The number of hydrogen-bond acceptors (Lipinski definition) is 2. The first-order valence-corrected chi connectivity index (χ1v) is 4.29. The molecule has 0 heterocycles. The minimum Gasteiger partial charge on any atom is -0.396 e. The zero-order valence-electron chi connectivity index (χ0n) is 8.22. The maximum absolute atomic E-state index is 9.08. The summed E-state index contributed by atoms with van der Waals surface area (Å²) in [5.41, 5.74) is 0.129. The van der Waals surface area contributed by atoms with Crippen molar-refractivity contribution in [3.05, 3.63) is 0 Å². The fourth-order valence-corrected chi connectivity index (χ4v) is 0.861. The Hall–Kier alpha value is -0.0800. The lowest BCUT2D eigenvalue weighted by atomic mass is 9.85. The van der Waals surface area contributed by atoms with Crippen molar-refractivity contribution in [1.29, 1.82) is 0 Å². The monoisotopic (exact) mass is 159 g/mol. The highest BCUT2D eigenvalue weighted by Gasteiger charge is 2.20. The Morgan fingerprint density at radius 2 is 1.91 bits per heavy atom. The average Bonchev–Trinajstić information content (AvgIpc) is 2.00. The molecule has 0 aromatic rings. The fourth-order valence-electron chi connectivity index (χ4n) is 0.861. The van der Waals surface area contributed by atoms with Crippen molar-refractivity contribution in [3.8, 4) is 0 Å². The molecule has 0 radical (unpaired) electrons. The van der Waals surface area contributed by atoms with Gasteiger partial charge in [0.1, 0.15) is 0 Å². The second-order valence-corrected chi connectivity index (χ2v) is 3.88.